The van der Waals surface area contributed by atoms with Crippen LogP contribution in [-0.2, 0) is 14.6 Å². The summed E-state index contributed by atoms with van der Waals surface area (Å²) in [5, 5.41) is 3.16. The third-order valence-electron chi connectivity index (χ3n) is 2.53. The maximum atomic E-state index is 11.2. The zero-order valence-electron chi connectivity index (χ0n) is 9.19. The molecule has 0 saturated carbocycles. The van der Waals surface area contributed by atoms with Crippen LogP contribution in [-0.4, -0.2) is 57.4 Å². The molecule has 1 saturated heterocycles. The van der Waals surface area contributed by atoms with E-state index in [0.29, 0.717) is 19.5 Å². The Morgan fingerprint density at radius 2 is 2.20 bits per heavy atom. The molecular formula is C9H18N2O3S. The average Bonchev–Trinajstić information content (AvgIpc) is 2.09. The Bertz CT molecular complexity index is 326. The molecule has 1 atom stereocenters. The molecule has 88 valence electrons. The lowest BCUT2D eigenvalue weighted by atomic mass is 10.1. The van der Waals surface area contributed by atoms with Crippen molar-refractivity contribution in [3.05, 3.63) is 0 Å². The Morgan fingerprint density at radius 3 is 2.73 bits per heavy atom. The van der Waals surface area contributed by atoms with Crippen molar-refractivity contribution in [2.75, 3.05) is 32.1 Å². The standard InChI is InChI=1S/C9H18N2O3S/c1-11-7-8(3-4-9(11)12)10-5-6-15(2,13)14/h8,10H,3-7H2,1-2H3. The highest BCUT2D eigenvalue weighted by atomic mass is 32.2. The highest BCUT2D eigenvalue weighted by Gasteiger charge is 2.22. The summed E-state index contributed by atoms with van der Waals surface area (Å²) in [5.41, 5.74) is 0. The number of likely N-dealkylation sites (N-methyl/N-ethyl adjacent to an activating group) is 1. The highest BCUT2D eigenvalue weighted by molar-refractivity contribution is 7.90. The summed E-state index contributed by atoms with van der Waals surface area (Å²) < 4.78 is 21.8. The topological polar surface area (TPSA) is 66.5 Å². The van der Waals surface area contributed by atoms with E-state index in [4.69, 9.17) is 0 Å². The van der Waals surface area contributed by atoms with Crippen LogP contribution in [0.4, 0.5) is 0 Å². The Hall–Kier alpha value is -0.620. The molecule has 0 bridgehead atoms. The number of rotatable bonds is 4. The number of carbonyl (C=O) groups is 1. The van der Waals surface area contributed by atoms with Gasteiger partial charge >= 0.3 is 0 Å². The van der Waals surface area contributed by atoms with E-state index in [1.807, 2.05) is 0 Å². The molecule has 1 fully saturated rings. The van der Waals surface area contributed by atoms with Gasteiger partial charge in [-0.1, -0.05) is 0 Å². The van der Waals surface area contributed by atoms with E-state index in [2.05, 4.69) is 5.32 Å². The molecule has 1 rings (SSSR count). The Kier molecular flexibility index (Phi) is 4.10. The number of nitrogens with zero attached hydrogens (tertiary/aromatic N) is 1. The average molecular weight is 234 g/mol. The second-order valence-electron chi connectivity index (χ2n) is 4.09. The largest absolute Gasteiger partial charge is 0.344 e. The number of hydrogen-bond donors (Lipinski definition) is 1. The number of sulfone groups is 1. The third kappa shape index (κ3) is 4.61. The molecular weight excluding hydrogens is 216 g/mol. The van der Waals surface area contributed by atoms with Crippen molar-refractivity contribution in [1.29, 1.82) is 0 Å². The van der Waals surface area contributed by atoms with Gasteiger partial charge in [0.1, 0.15) is 9.84 Å². The summed E-state index contributed by atoms with van der Waals surface area (Å²) in [6.07, 6.45) is 2.57. The molecule has 0 aliphatic carbocycles. The molecule has 0 aromatic heterocycles. The van der Waals surface area contributed by atoms with Gasteiger partial charge in [0.2, 0.25) is 5.91 Å². The van der Waals surface area contributed by atoms with E-state index in [0.717, 1.165) is 6.42 Å². The van der Waals surface area contributed by atoms with Gasteiger partial charge in [0.15, 0.2) is 0 Å². The van der Waals surface area contributed by atoms with Crippen LogP contribution in [0.25, 0.3) is 0 Å². The van der Waals surface area contributed by atoms with Crippen LogP contribution in [0.15, 0.2) is 0 Å². The maximum absolute atomic E-state index is 11.2. The quantitative estimate of drug-likeness (QED) is 0.694. The van der Waals surface area contributed by atoms with E-state index < -0.39 is 9.84 Å². The first-order chi connectivity index (χ1) is 6.88. The smallest absolute Gasteiger partial charge is 0.222 e. The van der Waals surface area contributed by atoms with E-state index in [1.165, 1.54) is 6.26 Å². The van der Waals surface area contributed by atoms with Gasteiger partial charge in [0.05, 0.1) is 5.75 Å². The van der Waals surface area contributed by atoms with Gasteiger partial charge in [-0.15, -0.1) is 0 Å². The van der Waals surface area contributed by atoms with Gasteiger partial charge in [-0.25, -0.2) is 8.42 Å². The predicted molar refractivity (Wildman–Crippen MR) is 58.4 cm³/mol. The summed E-state index contributed by atoms with van der Waals surface area (Å²) in [4.78, 5) is 12.9. The number of carbonyl (C=O) groups excluding carboxylic acids is 1. The minimum absolute atomic E-state index is 0.154. The fraction of sp³-hybridized carbons (Fsp3) is 0.889. The van der Waals surface area contributed by atoms with Crippen LogP contribution < -0.4 is 5.32 Å². The van der Waals surface area contributed by atoms with Gasteiger partial charge in [-0.05, 0) is 6.42 Å². The van der Waals surface area contributed by atoms with E-state index in [-0.39, 0.29) is 17.7 Å². The number of likely N-dealkylation sites (tertiary alicyclic amines) is 1. The molecule has 0 aromatic carbocycles. The summed E-state index contributed by atoms with van der Waals surface area (Å²) in [5.74, 6) is 0.317. The van der Waals surface area contributed by atoms with Gasteiger partial charge in [-0.3, -0.25) is 4.79 Å². The van der Waals surface area contributed by atoms with Crippen LogP contribution in [0.2, 0.25) is 0 Å². The summed E-state index contributed by atoms with van der Waals surface area (Å²) in [6, 6.07) is 0.231. The molecule has 1 N–H and O–H groups in total. The fourth-order valence-corrected chi connectivity index (χ4v) is 2.12. The minimum atomic E-state index is -2.89. The first-order valence-electron chi connectivity index (χ1n) is 5.03. The van der Waals surface area contributed by atoms with E-state index in [1.54, 1.807) is 11.9 Å². The predicted octanol–water partition coefficient (Wildman–Crippen LogP) is -0.759. The van der Waals surface area contributed by atoms with Crippen molar-refractivity contribution in [1.82, 2.24) is 10.2 Å². The molecule has 1 aliphatic rings. The first-order valence-corrected chi connectivity index (χ1v) is 7.09. The van der Waals surface area contributed by atoms with Gasteiger partial charge in [-0.2, -0.15) is 0 Å². The second-order valence-corrected chi connectivity index (χ2v) is 6.35. The van der Waals surface area contributed by atoms with Crippen LogP contribution in [0.1, 0.15) is 12.8 Å². The molecule has 0 spiro atoms. The first kappa shape index (κ1) is 12.4. The second kappa shape index (κ2) is 4.94. The summed E-state index contributed by atoms with van der Waals surface area (Å²) in [6.45, 7) is 1.13. The summed E-state index contributed by atoms with van der Waals surface area (Å²) >= 11 is 0. The molecule has 0 radical (unpaired) electrons. The molecule has 0 aromatic rings. The van der Waals surface area contributed by atoms with Crippen LogP contribution in [0, 0.1) is 0 Å². The third-order valence-corrected chi connectivity index (χ3v) is 3.48. The van der Waals surface area contributed by atoms with Gasteiger partial charge < -0.3 is 10.2 Å². The van der Waals surface area contributed by atoms with Crippen molar-refractivity contribution in [3.63, 3.8) is 0 Å². The summed E-state index contributed by atoms with van der Waals surface area (Å²) in [7, 11) is -1.12. The van der Waals surface area contributed by atoms with Crippen LogP contribution in [0.5, 0.6) is 0 Å². The van der Waals surface area contributed by atoms with Crippen molar-refractivity contribution in [3.8, 4) is 0 Å². The molecule has 1 aliphatic heterocycles. The number of amides is 1. The SMILES string of the molecule is CN1CC(NCCS(C)(=O)=O)CCC1=O. The van der Waals surface area contributed by atoms with Crippen molar-refractivity contribution in [2.24, 2.45) is 0 Å². The van der Waals surface area contributed by atoms with E-state index >= 15 is 0 Å². The molecule has 5 nitrogen and oxygen atoms in total. The monoisotopic (exact) mass is 234 g/mol. The maximum Gasteiger partial charge on any atom is 0.222 e. The lowest BCUT2D eigenvalue weighted by Gasteiger charge is -2.30. The van der Waals surface area contributed by atoms with Crippen molar-refractivity contribution >= 4 is 15.7 Å². The Balaban J connectivity index is 2.26. The molecule has 1 heterocycles. The Morgan fingerprint density at radius 1 is 1.53 bits per heavy atom. The Labute approximate surface area is 90.7 Å². The van der Waals surface area contributed by atoms with E-state index in [9.17, 15) is 13.2 Å². The van der Waals surface area contributed by atoms with Gasteiger partial charge in [0, 0.05) is 38.9 Å². The number of nitrogens with one attached hydrogen (secondary N) is 1. The minimum Gasteiger partial charge on any atom is -0.344 e. The molecule has 1 unspecified atom stereocenters. The lowest BCUT2D eigenvalue weighted by Crippen LogP contribution is -2.47. The molecule has 6 heteroatoms. The number of hydrogen-bond acceptors (Lipinski definition) is 4. The zero-order chi connectivity index (χ0) is 11.5. The van der Waals surface area contributed by atoms with Crippen molar-refractivity contribution < 1.29 is 13.2 Å². The molecule has 15 heavy (non-hydrogen) atoms. The fourth-order valence-electron chi connectivity index (χ4n) is 1.63. The van der Waals surface area contributed by atoms with Crippen LogP contribution in [0.3, 0.4) is 0 Å². The molecule has 1 amide bonds. The zero-order valence-corrected chi connectivity index (χ0v) is 10.0. The van der Waals surface area contributed by atoms with Gasteiger partial charge in [0.25, 0.3) is 0 Å². The van der Waals surface area contributed by atoms with Crippen LogP contribution >= 0.6 is 0 Å². The highest BCUT2D eigenvalue weighted by Crippen LogP contribution is 2.09. The number of piperidine rings is 1. The van der Waals surface area contributed by atoms with Crippen molar-refractivity contribution in [2.45, 2.75) is 18.9 Å². The normalized spacial score (nSPS) is 23.2. The lowest BCUT2D eigenvalue weighted by molar-refractivity contribution is -0.132.